The molecule has 0 unspecified atom stereocenters. The number of likely N-dealkylation sites (tertiary alicyclic amines) is 1. The predicted molar refractivity (Wildman–Crippen MR) is 102 cm³/mol. The van der Waals surface area contributed by atoms with Gasteiger partial charge in [0.15, 0.2) is 0 Å². The molecule has 30 heavy (non-hydrogen) atoms. The first-order valence-corrected chi connectivity index (χ1v) is 9.64. The molecule has 164 valence electrons. The Bertz CT molecular complexity index is 944. The molecule has 3 rings (SSSR count). The number of rotatable bonds is 5. The molecule has 0 N–H and O–H groups in total. The summed E-state index contributed by atoms with van der Waals surface area (Å²) in [6.07, 6.45) is -1.75. The van der Waals surface area contributed by atoms with Crippen LogP contribution in [0, 0.1) is 0 Å². The van der Waals surface area contributed by atoms with Crippen molar-refractivity contribution in [3.63, 3.8) is 0 Å². The third-order valence-corrected chi connectivity index (χ3v) is 5.24. The summed E-state index contributed by atoms with van der Waals surface area (Å²) in [6, 6.07) is -0.730. The zero-order valence-electron chi connectivity index (χ0n) is 16.5. The van der Waals surface area contributed by atoms with Crippen LogP contribution in [0.1, 0.15) is 38.1 Å². The monoisotopic (exact) mass is 429 g/mol. The molecule has 0 spiro atoms. The van der Waals surface area contributed by atoms with Crippen LogP contribution in [0.25, 0.3) is 0 Å². The van der Waals surface area contributed by atoms with E-state index < -0.39 is 29.8 Å². The second-order valence-electron chi connectivity index (χ2n) is 7.53. The Morgan fingerprint density at radius 2 is 2.07 bits per heavy atom. The lowest BCUT2D eigenvalue weighted by molar-refractivity contribution is -0.134. The zero-order valence-corrected chi connectivity index (χ0v) is 16.5. The van der Waals surface area contributed by atoms with Crippen molar-refractivity contribution in [2.24, 2.45) is 4.99 Å². The van der Waals surface area contributed by atoms with E-state index in [-0.39, 0.29) is 25.4 Å². The van der Waals surface area contributed by atoms with Crippen LogP contribution in [0.5, 0.6) is 0 Å². The van der Waals surface area contributed by atoms with E-state index in [0.717, 1.165) is 10.8 Å². The Morgan fingerprint density at radius 1 is 1.33 bits per heavy atom. The van der Waals surface area contributed by atoms with E-state index in [1.807, 2.05) is 0 Å². The van der Waals surface area contributed by atoms with Crippen LogP contribution in [0.2, 0.25) is 0 Å². The second-order valence-corrected chi connectivity index (χ2v) is 7.53. The fourth-order valence-corrected chi connectivity index (χ4v) is 3.74. The van der Waals surface area contributed by atoms with Crippen LogP contribution in [0.15, 0.2) is 33.2 Å². The number of carbonyl (C=O) groups excluding carboxylic acids is 1. The third kappa shape index (κ3) is 4.54. The van der Waals surface area contributed by atoms with E-state index in [1.54, 1.807) is 6.92 Å². The number of aryl methyl sites for hydroxylation is 1. The Balaban J connectivity index is 1.83. The number of amides is 1. The average molecular weight is 429 g/mol. The van der Waals surface area contributed by atoms with Crippen LogP contribution >= 0.6 is 0 Å². The lowest BCUT2D eigenvalue weighted by Crippen LogP contribution is -2.41. The van der Waals surface area contributed by atoms with Crippen molar-refractivity contribution in [2.75, 3.05) is 13.1 Å². The zero-order chi connectivity index (χ0) is 22.1. The van der Waals surface area contributed by atoms with Crippen LogP contribution in [-0.2, 0) is 17.8 Å². The number of alkyl halides is 4. The molecule has 7 nitrogen and oxygen atoms in total. The summed E-state index contributed by atoms with van der Waals surface area (Å²) in [4.78, 5) is 30.1. The van der Waals surface area contributed by atoms with Gasteiger partial charge in [0, 0.05) is 13.0 Å². The molecular weight excluding hydrogens is 406 g/mol. The quantitative estimate of drug-likeness (QED) is 0.410. The Morgan fingerprint density at radius 3 is 2.67 bits per heavy atom. The van der Waals surface area contributed by atoms with Crippen LogP contribution < -0.4 is 5.69 Å². The molecule has 11 heteroatoms. The van der Waals surface area contributed by atoms with Gasteiger partial charge in [-0.15, -0.1) is 0 Å². The van der Waals surface area contributed by atoms with Crippen molar-refractivity contribution in [1.29, 1.82) is 0 Å². The summed E-state index contributed by atoms with van der Waals surface area (Å²) in [6.45, 7) is 4.79. The van der Waals surface area contributed by atoms with Gasteiger partial charge in [-0.1, -0.05) is 11.6 Å². The van der Waals surface area contributed by atoms with Crippen molar-refractivity contribution in [1.82, 2.24) is 19.2 Å². The number of hydrogen-bond acceptors (Lipinski definition) is 4. The van der Waals surface area contributed by atoms with Crippen molar-refractivity contribution in [3.8, 4) is 0 Å². The molecule has 0 aromatic carbocycles. The molecule has 1 fully saturated rings. The van der Waals surface area contributed by atoms with Gasteiger partial charge in [-0.05, 0) is 39.0 Å². The summed E-state index contributed by atoms with van der Waals surface area (Å²) in [5.74, 6) is 0.160. The fourth-order valence-electron chi connectivity index (χ4n) is 3.74. The highest BCUT2D eigenvalue weighted by Gasteiger charge is 2.36. The smallest absolute Gasteiger partial charge is 0.338 e. The molecule has 2 atom stereocenters. The van der Waals surface area contributed by atoms with Gasteiger partial charge < -0.3 is 4.90 Å². The number of carbonyl (C=O) groups is 1. The van der Waals surface area contributed by atoms with E-state index in [1.165, 1.54) is 15.5 Å². The Kier molecular flexibility index (Phi) is 6.27. The minimum Gasteiger partial charge on any atom is -0.338 e. The molecule has 0 radical (unpaired) electrons. The molecule has 0 aliphatic carbocycles. The van der Waals surface area contributed by atoms with E-state index in [9.17, 15) is 27.2 Å². The Labute approximate surface area is 170 Å². The van der Waals surface area contributed by atoms with Gasteiger partial charge in [0.1, 0.15) is 23.7 Å². The largest absolute Gasteiger partial charge is 0.433 e. The van der Waals surface area contributed by atoms with Gasteiger partial charge >= 0.3 is 11.9 Å². The molecule has 0 bridgehead atoms. The van der Waals surface area contributed by atoms with E-state index in [0.29, 0.717) is 37.2 Å². The maximum absolute atomic E-state index is 13.5. The van der Waals surface area contributed by atoms with Crippen molar-refractivity contribution < 1.29 is 22.4 Å². The lowest BCUT2D eigenvalue weighted by Gasteiger charge is -2.26. The molecule has 1 saturated heterocycles. The Hall–Kier alpha value is -2.72. The molecule has 1 amide bonds. The number of fused-ring (bicyclic) bond motifs is 1. The SMILES string of the molecule is C=N/C(=C\C=C(/C)Cn1nc2n(c1=O)[C@H](C(=O)N1CC[C@H](F)C1)CCC2)C(F)(F)F. The molecule has 2 aliphatic heterocycles. The maximum Gasteiger partial charge on any atom is 0.433 e. The third-order valence-electron chi connectivity index (χ3n) is 5.24. The summed E-state index contributed by atoms with van der Waals surface area (Å²) < 4.78 is 54.1. The number of nitrogens with zero attached hydrogens (tertiary/aromatic N) is 5. The summed E-state index contributed by atoms with van der Waals surface area (Å²) in [5, 5.41) is 4.26. The second kappa shape index (κ2) is 8.57. The first kappa shape index (κ1) is 22.0. The lowest BCUT2D eigenvalue weighted by atomic mass is 10.0. The minimum absolute atomic E-state index is 0.0284. The van der Waals surface area contributed by atoms with Gasteiger partial charge in [0.25, 0.3) is 0 Å². The fraction of sp³-hybridized carbons (Fsp3) is 0.579. The summed E-state index contributed by atoms with van der Waals surface area (Å²) in [5.41, 5.74) is -1.20. The van der Waals surface area contributed by atoms with Crippen LogP contribution in [-0.4, -0.2) is 57.3 Å². The van der Waals surface area contributed by atoms with Gasteiger partial charge in [-0.3, -0.25) is 14.4 Å². The van der Waals surface area contributed by atoms with Gasteiger partial charge in [0.05, 0.1) is 13.1 Å². The topological polar surface area (TPSA) is 72.5 Å². The van der Waals surface area contributed by atoms with Crippen LogP contribution in [0.4, 0.5) is 17.6 Å². The average Bonchev–Trinajstić information content (AvgIpc) is 3.24. The molecule has 3 heterocycles. The van der Waals surface area contributed by atoms with Gasteiger partial charge in [-0.25, -0.2) is 13.9 Å². The first-order valence-electron chi connectivity index (χ1n) is 9.64. The van der Waals surface area contributed by atoms with Crippen molar-refractivity contribution in [3.05, 3.63) is 39.7 Å². The van der Waals surface area contributed by atoms with E-state index in [4.69, 9.17) is 0 Å². The highest BCUT2D eigenvalue weighted by Crippen LogP contribution is 2.27. The normalized spacial score (nSPS) is 22.9. The molecular formula is C19H23F4N5O2. The molecule has 1 aromatic rings. The van der Waals surface area contributed by atoms with E-state index in [2.05, 4.69) is 16.8 Å². The minimum atomic E-state index is -4.62. The summed E-state index contributed by atoms with van der Waals surface area (Å²) in [7, 11) is 0. The molecule has 0 saturated carbocycles. The molecule has 1 aromatic heterocycles. The number of hydrogen-bond donors (Lipinski definition) is 0. The number of aromatic nitrogens is 3. The highest BCUT2D eigenvalue weighted by molar-refractivity contribution is 5.81. The first-order chi connectivity index (χ1) is 14.1. The highest BCUT2D eigenvalue weighted by atomic mass is 19.4. The van der Waals surface area contributed by atoms with Crippen LogP contribution in [0.3, 0.4) is 0 Å². The maximum atomic E-state index is 13.5. The van der Waals surface area contributed by atoms with Gasteiger partial charge in [0.2, 0.25) is 5.91 Å². The standard InChI is InChI=1S/C19H23F4N5O2/c1-12(6-7-15(24-2)19(21,22)23)10-27-18(30)28-14(4-3-5-16(28)25-27)17(29)26-9-8-13(20)11-26/h6-7,13-14H,2-5,8-11H2,1H3/b12-6+,15-7-/t13-,14-/m0/s1. The summed E-state index contributed by atoms with van der Waals surface area (Å²) >= 11 is 0. The van der Waals surface area contributed by atoms with Crippen molar-refractivity contribution in [2.45, 2.75) is 57.5 Å². The van der Waals surface area contributed by atoms with Gasteiger partial charge in [-0.2, -0.15) is 18.3 Å². The predicted octanol–water partition coefficient (Wildman–Crippen LogP) is 2.59. The number of allylic oxidation sites excluding steroid dienone is 4. The number of aliphatic imine (C=N–C) groups is 1. The van der Waals surface area contributed by atoms with Crippen molar-refractivity contribution >= 4 is 12.6 Å². The molecule has 2 aliphatic rings. The van der Waals surface area contributed by atoms with E-state index >= 15 is 0 Å². The number of halogens is 4.